The molecule has 19 heavy (non-hydrogen) atoms. The van der Waals surface area contributed by atoms with Crippen LogP contribution >= 0.6 is 11.3 Å². The summed E-state index contributed by atoms with van der Waals surface area (Å²) in [5.74, 6) is 0.883. The lowest BCUT2D eigenvalue weighted by molar-refractivity contribution is 0.134. The van der Waals surface area contributed by atoms with E-state index in [1.54, 1.807) is 23.7 Å². The molecule has 0 unspecified atom stereocenters. The third-order valence-electron chi connectivity index (χ3n) is 3.25. The summed E-state index contributed by atoms with van der Waals surface area (Å²) < 4.78 is 7.52. The molecule has 3 heterocycles. The van der Waals surface area contributed by atoms with Gasteiger partial charge in [0, 0.05) is 29.7 Å². The number of thiazole rings is 1. The zero-order chi connectivity index (χ0) is 12.7. The topological polar surface area (TPSA) is 39.9 Å². The molecule has 4 rings (SSSR count). The summed E-state index contributed by atoms with van der Waals surface area (Å²) in [6.07, 6.45) is 5.57. The van der Waals surface area contributed by atoms with Gasteiger partial charge < -0.3 is 4.74 Å². The molecule has 1 aliphatic heterocycles. The van der Waals surface area contributed by atoms with Crippen molar-refractivity contribution in [1.29, 1.82) is 0 Å². The van der Waals surface area contributed by atoms with Crippen molar-refractivity contribution >= 4 is 11.3 Å². The fourth-order valence-electron chi connectivity index (χ4n) is 2.31. The van der Waals surface area contributed by atoms with Crippen molar-refractivity contribution < 1.29 is 4.74 Å². The fraction of sp³-hybridized carbons (Fsp3) is 0.143. The Morgan fingerprint density at radius 1 is 1.11 bits per heavy atom. The predicted molar refractivity (Wildman–Crippen MR) is 73.2 cm³/mol. The van der Waals surface area contributed by atoms with Crippen molar-refractivity contribution in [2.24, 2.45) is 0 Å². The summed E-state index contributed by atoms with van der Waals surface area (Å²) in [5.41, 5.74) is 3.64. The van der Waals surface area contributed by atoms with Crippen LogP contribution in [0, 0.1) is 0 Å². The van der Waals surface area contributed by atoms with Gasteiger partial charge >= 0.3 is 0 Å². The minimum atomic E-state index is 0.699. The first kappa shape index (κ1) is 10.9. The van der Waals surface area contributed by atoms with Crippen LogP contribution in [0.3, 0.4) is 0 Å². The van der Waals surface area contributed by atoms with Crippen LogP contribution in [-0.2, 0) is 18.0 Å². The molecule has 0 saturated carbocycles. The molecule has 0 saturated heterocycles. The third kappa shape index (κ3) is 1.78. The summed E-state index contributed by atoms with van der Waals surface area (Å²) >= 11 is 1.60. The zero-order valence-electron chi connectivity index (χ0n) is 10.1. The van der Waals surface area contributed by atoms with Gasteiger partial charge in [-0.2, -0.15) is 0 Å². The van der Waals surface area contributed by atoms with Crippen LogP contribution in [0.25, 0.3) is 16.5 Å². The lowest BCUT2D eigenvalue weighted by Gasteiger charge is -2.07. The van der Waals surface area contributed by atoms with Crippen LogP contribution in [0.2, 0.25) is 0 Å². The molecule has 0 amide bonds. The van der Waals surface area contributed by atoms with Crippen molar-refractivity contribution in [2.75, 3.05) is 0 Å². The maximum Gasteiger partial charge on any atom is 0.173 e. The highest BCUT2D eigenvalue weighted by Gasteiger charge is 2.14. The van der Waals surface area contributed by atoms with Crippen molar-refractivity contribution in [3.63, 3.8) is 0 Å². The van der Waals surface area contributed by atoms with Crippen molar-refractivity contribution in [3.8, 4) is 16.5 Å². The number of aromatic nitrogens is 3. The van der Waals surface area contributed by atoms with Gasteiger partial charge in [0.1, 0.15) is 0 Å². The molecule has 0 bridgehead atoms. The van der Waals surface area contributed by atoms with Gasteiger partial charge in [-0.1, -0.05) is 6.07 Å². The molecule has 0 spiro atoms. The normalized spacial score (nSPS) is 13.7. The van der Waals surface area contributed by atoms with E-state index in [9.17, 15) is 0 Å². The van der Waals surface area contributed by atoms with E-state index in [0.717, 1.165) is 23.1 Å². The van der Waals surface area contributed by atoms with Gasteiger partial charge in [0.2, 0.25) is 0 Å². The van der Waals surface area contributed by atoms with E-state index in [1.165, 1.54) is 11.1 Å². The summed E-state index contributed by atoms with van der Waals surface area (Å²) in [6, 6.07) is 6.40. The molecule has 0 N–H and O–H groups in total. The Labute approximate surface area is 114 Å². The molecule has 5 heteroatoms. The second-order valence-corrected chi connectivity index (χ2v) is 5.30. The molecule has 4 nitrogen and oxygen atoms in total. The number of hydrogen-bond donors (Lipinski definition) is 0. The molecule has 1 aliphatic rings. The monoisotopic (exact) mass is 269 g/mol. The Hall–Kier alpha value is -1.98. The largest absolute Gasteiger partial charge is 0.372 e. The minimum absolute atomic E-state index is 0.699. The minimum Gasteiger partial charge on any atom is -0.372 e. The Balaban J connectivity index is 1.83. The Bertz CT molecular complexity index is 718. The SMILES string of the molecule is c1csc(-c2nccn2-c2ccc3c(c2)COC3)n1. The average molecular weight is 269 g/mol. The standard InChI is InChI=1S/C14H11N3OS/c1-2-12(7-11-9-18-8-10(1)11)17-5-3-15-13(17)14-16-4-6-19-14/h1-7H,8-9H2. The van der Waals surface area contributed by atoms with Crippen LogP contribution in [-0.4, -0.2) is 14.5 Å². The van der Waals surface area contributed by atoms with Crippen LogP contribution in [0.15, 0.2) is 42.2 Å². The molecule has 0 fully saturated rings. The third-order valence-corrected chi connectivity index (χ3v) is 4.02. The van der Waals surface area contributed by atoms with Gasteiger partial charge in [-0.05, 0) is 23.3 Å². The molecule has 0 aliphatic carbocycles. The number of imidazole rings is 1. The van der Waals surface area contributed by atoms with Gasteiger partial charge in [0.25, 0.3) is 0 Å². The highest BCUT2D eigenvalue weighted by Crippen LogP contribution is 2.26. The molecular weight excluding hydrogens is 258 g/mol. The number of nitrogens with zero attached hydrogens (tertiary/aromatic N) is 3. The molecule has 3 aromatic rings. The van der Waals surface area contributed by atoms with E-state index < -0.39 is 0 Å². The summed E-state index contributed by atoms with van der Waals surface area (Å²) in [4.78, 5) is 8.74. The molecule has 0 atom stereocenters. The van der Waals surface area contributed by atoms with Gasteiger partial charge in [0.05, 0.1) is 13.2 Å². The predicted octanol–water partition coefficient (Wildman–Crippen LogP) is 3.03. The second kappa shape index (κ2) is 4.29. The van der Waals surface area contributed by atoms with Gasteiger partial charge in [-0.15, -0.1) is 11.3 Å². The first-order valence-corrected chi connectivity index (χ1v) is 6.93. The van der Waals surface area contributed by atoms with E-state index in [1.807, 2.05) is 11.6 Å². The van der Waals surface area contributed by atoms with E-state index in [-0.39, 0.29) is 0 Å². The second-order valence-electron chi connectivity index (χ2n) is 4.40. The Kier molecular flexibility index (Phi) is 2.46. The average Bonchev–Trinajstić information content (AvgIpc) is 3.18. The Morgan fingerprint density at radius 3 is 2.95 bits per heavy atom. The van der Waals surface area contributed by atoms with Gasteiger partial charge in [-0.3, -0.25) is 4.57 Å². The molecular formula is C14H11N3OS. The lowest BCUT2D eigenvalue weighted by Crippen LogP contribution is -1.97. The fourth-order valence-corrected chi connectivity index (χ4v) is 2.94. The van der Waals surface area contributed by atoms with Crippen molar-refractivity contribution in [1.82, 2.24) is 14.5 Å². The van der Waals surface area contributed by atoms with E-state index in [0.29, 0.717) is 6.61 Å². The maximum absolute atomic E-state index is 5.45. The summed E-state index contributed by atoms with van der Waals surface area (Å²) in [5, 5.41) is 2.90. The summed E-state index contributed by atoms with van der Waals surface area (Å²) in [6.45, 7) is 1.42. The van der Waals surface area contributed by atoms with E-state index >= 15 is 0 Å². The number of hydrogen-bond acceptors (Lipinski definition) is 4. The Morgan fingerprint density at radius 2 is 2.05 bits per heavy atom. The summed E-state index contributed by atoms with van der Waals surface area (Å²) in [7, 11) is 0. The van der Waals surface area contributed by atoms with Crippen LogP contribution < -0.4 is 0 Å². The molecule has 94 valence electrons. The van der Waals surface area contributed by atoms with Crippen molar-refractivity contribution in [3.05, 3.63) is 53.3 Å². The molecule has 0 radical (unpaired) electrons. The van der Waals surface area contributed by atoms with Gasteiger partial charge in [-0.25, -0.2) is 9.97 Å². The lowest BCUT2D eigenvalue weighted by atomic mass is 10.1. The number of rotatable bonds is 2. The number of benzene rings is 1. The highest BCUT2D eigenvalue weighted by molar-refractivity contribution is 7.13. The number of fused-ring (bicyclic) bond motifs is 1. The first-order chi connectivity index (χ1) is 9.42. The highest BCUT2D eigenvalue weighted by atomic mass is 32.1. The van der Waals surface area contributed by atoms with Crippen LogP contribution in [0.4, 0.5) is 0 Å². The zero-order valence-corrected chi connectivity index (χ0v) is 10.9. The van der Waals surface area contributed by atoms with E-state index in [4.69, 9.17) is 4.74 Å². The van der Waals surface area contributed by atoms with Crippen LogP contribution in [0.5, 0.6) is 0 Å². The first-order valence-electron chi connectivity index (χ1n) is 6.05. The maximum atomic E-state index is 5.45. The smallest absolute Gasteiger partial charge is 0.173 e. The van der Waals surface area contributed by atoms with E-state index in [2.05, 4.69) is 32.7 Å². The van der Waals surface area contributed by atoms with Gasteiger partial charge in [0.15, 0.2) is 10.8 Å². The molecule has 1 aromatic carbocycles. The van der Waals surface area contributed by atoms with Crippen molar-refractivity contribution in [2.45, 2.75) is 13.2 Å². The quantitative estimate of drug-likeness (QED) is 0.718. The number of ether oxygens (including phenoxy) is 1. The molecule has 2 aromatic heterocycles. The van der Waals surface area contributed by atoms with Crippen LogP contribution in [0.1, 0.15) is 11.1 Å².